The molecule has 1 N–H and O–H groups in total. The number of methoxy groups -OCH3 is 1. The number of alkyl halides is 3. The smallest absolute Gasteiger partial charge is 0.453 e. The molecule has 3 rings (SSSR count). The molecule has 3 aromatic rings. The van der Waals surface area contributed by atoms with Gasteiger partial charge in [0.25, 0.3) is 5.82 Å². The van der Waals surface area contributed by atoms with Gasteiger partial charge in [0.1, 0.15) is 18.1 Å². The first-order chi connectivity index (χ1) is 13.8. The number of aromatic amines is 1. The van der Waals surface area contributed by atoms with Gasteiger partial charge in [-0.3, -0.25) is 0 Å². The quantitative estimate of drug-likeness (QED) is 0.427. The zero-order valence-electron chi connectivity index (χ0n) is 14.9. The van der Waals surface area contributed by atoms with E-state index in [2.05, 4.69) is 15.3 Å². The van der Waals surface area contributed by atoms with Crippen LogP contribution in [-0.4, -0.2) is 28.2 Å². The van der Waals surface area contributed by atoms with Crippen molar-refractivity contribution in [2.45, 2.75) is 12.8 Å². The molecular weight excluding hydrogens is 429 g/mol. The molecule has 0 amide bonds. The molecule has 1 aromatic heterocycles. The molecular formula is C18H14ClF3N4O2S. The van der Waals surface area contributed by atoms with Gasteiger partial charge in [-0.1, -0.05) is 11.6 Å². The minimum Gasteiger partial charge on any atom is -0.496 e. The summed E-state index contributed by atoms with van der Waals surface area (Å²) in [5, 5.41) is 9.65. The standard InChI is InChI=1S/C18H14ClF3N4O2S/c1-27-15-7-2-11(8-12(15)10-28-14-5-3-13(19)4-6-14)9-23-26-16(18(20,21)22)24-25-17(26)29/h2-9H,10H2,1H3,(H,25,29). The Morgan fingerprint density at radius 2 is 1.97 bits per heavy atom. The largest absolute Gasteiger partial charge is 0.496 e. The molecule has 29 heavy (non-hydrogen) atoms. The number of benzene rings is 2. The van der Waals surface area contributed by atoms with Crippen LogP contribution in [0.25, 0.3) is 0 Å². The van der Waals surface area contributed by atoms with Gasteiger partial charge in [0.05, 0.1) is 13.3 Å². The summed E-state index contributed by atoms with van der Waals surface area (Å²) >= 11 is 10.7. The molecule has 6 nitrogen and oxygen atoms in total. The van der Waals surface area contributed by atoms with Crippen LogP contribution in [0.3, 0.4) is 0 Å². The molecule has 0 unspecified atom stereocenters. The summed E-state index contributed by atoms with van der Waals surface area (Å²) in [4.78, 5) is 0. The SMILES string of the molecule is COc1ccc(C=Nn2c(C(F)(F)F)n[nH]c2=S)cc1COc1ccc(Cl)cc1. The highest BCUT2D eigenvalue weighted by Crippen LogP contribution is 2.27. The van der Waals surface area contributed by atoms with E-state index in [4.69, 9.17) is 33.3 Å². The van der Waals surface area contributed by atoms with Crippen LogP contribution < -0.4 is 9.47 Å². The highest BCUT2D eigenvalue weighted by Gasteiger charge is 2.37. The molecule has 0 atom stereocenters. The third kappa shape index (κ3) is 5.15. The first-order valence-corrected chi connectivity index (χ1v) is 8.91. The van der Waals surface area contributed by atoms with E-state index < -0.39 is 12.0 Å². The summed E-state index contributed by atoms with van der Waals surface area (Å²) in [6.07, 6.45) is -3.45. The Labute approximate surface area is 173 Å². The van der Waals surface area contributed by atoms with Gasteiger partial charge in [-0.2, -0.15) is 22.9 Å². The summed E-state index contributed by atoms with van der Waals surface area (Å²) in [5.41, 5.74) is 1.20. The van der Waals surface area contributed by atoms with Crippen molar-refractivity contribution in [3.63, 3.8) is 0 Å². The van der Waals surface area contributed by atoms with E-state index in [0.29, 0.717) is 32.3 Å². The minimum absolute atomic E-state index is 0.172. The van der Waals surface area contributed by atoms with Crippen molar-refractivity contribution in [3.8, 4) is 11.5 Å². The first-order valence-electron chi connectivity index (χ1n) is 8.12. The van der Waals surface area contributed by atoms with E-state index in [1.165, 1.54) is 13.3 Å². The summed E-state index contributed by atoms with van der Waals surface area (Å²) in [7, 11) is 1.51. The molecule has 152 valence electrons. The molecule has 0 fully saturated rings. The Morgan fingerprint density at radius 3 is 2.62 bits per heavy atom. The molecule has 0 saturated heterocycles. The third-order valence-electron chi connectivity index (χ3n) is 3.74. The van der Waals surface area contributed by atoms with Crippen LogP contribution in [0.2, 0.25) is 5.02 Å². The Morgan fingerprint density at radius 1 is 1.24 bits per heavy atom. The van der Waals surface area contributed by atoms with Gasteiger partial charge < -0.3 is 9.47 Å². The number of rotatable bonds is 6. The van der Waals surface area contributed by atoms with Crippen molar-refractivity contribution in [2.75, 3.05) is 7.11 Å². The van der Waals surface area contributed by atoms with E-state index in [1.807, 2.05) is 0 Å². The van der Waals surface area contributed by atoms with Crippen molar-refractivity contribution in [1.82, 2.24) is 14.9 Å². The molecule has 0 saturated carbocycles. The van der Waals surface area contributed by atoms with Gasteiger partial charge in [-0.05, 0) is 60.2 Å². The summed E-state index contributed by atoms with van der Waals surface area (Å²) in [6.45, 7) is 0.172. The van der Waals surface area contributed by atoms with Gasteiger partial charge in [-0.25, -0.2) is 5.10 Å². The lowest BCUT2D eigenvalue weighted by atomic mass is 10.1. The average molecular weight is 443 g/mol. The Bertz CT molecular complexity index is 1080. The van der Waals surface area contributed by atoms with E-state index in [0.717, 1.165) is 0 Å². The number of nitrogens with one attached hydrogen (secondary N) is 1. The van der Waals surface area contributed by atoms with Crippen LogP contribution in [0.15, 0.2) is 47.6 Å². The van der Waals surface area contributed by atoms with Gasteiger partial charge in [0.2, 0.25) is 4.77 Å². The van der Waals surface area contributed by atoms with E-state index in [-0.39, 0.29) is 11.4 Å². The van der Waals surface area contributed by atoms with Crippen LogP contribution in [0.4, 0.5) is 13.2 Å². The number of ether oxygens (including phenoxy) is 2. The minimum atomic E-state index is -4.69. The summed E-state index contributed by atoms with van der Waals surface area (Å²) < 4.78 is 50.2. The van der Waals surface area contributed by atoms with Crippen molar-refractivity contribution in [1.29, 1.82) is 0 Å². The zero-order chi connectivity index (χ0) is 21.0. The van der Waals surface area contributed by atoms with Crippen LogP contribution >= 0.6 is 23.8 Å². The lowest BCUT2D eigenvalue weighted by Crippen LogP contribution is -2.12. The maximum Gasteiger partial charge on any atom is 0.453 e. The second-order valence-corrected chi connectivity index (χ2v) is 6.54. The first kappa shape index (κ1) is 20.9. The number of halogens is 4. The molecule has 0 aliphatic carbocycles. The number of hydrogen-bond acceptors (Lipinski definition) is 5. The highest BCUT2D eigenvalue weighted by molar-refractivity contribution is 7.71. The topological polar surface area (TPSA) is 64.4 Å². The van der Waals surface area contributed by atoms with Crippen molar-refractivity contribution in [3.05, 3.63) is 69.2 Å². The van der Waals surface area contributed by atoms with E-state index >= 15 is 0 Å². The van der Waals surface area contributed by atoms with Gasteiger partial charge in [-0.15, -0.1) is 5.10 Å². The van der Waals surface area contributed by atoms with Crippen LogP contribution in [0, 0.1) is 4.77 Å². The lowest BCUT2D eigenvalue weighted by molar-refractivity contribution is -0.147. The van der Waals surface area contributed by atoms with Crippen LogP contribution in [0.1, 0.15) is 17.0 Å². The maximum absolute atomic E-state index is 13.0. The fraction of sp³-hybridized carbons (Fsp3) is 0.167. The number of H-pyrrole nitrogens is 1. The van der Waals surface area contributed by atoms with E-state index in [1.54, 1.807) is 42.5 Å². The number of nitrogens with zero attached hydrogens (tertiary/aromatic N) is 3. The number of aromatic nitrogens is 3. The fourth-order valence-electron chi connectivity index (χ4n) is 2.39. The van der Waals surface area contributed by atoms with E-state index in [9.17, 15) is 13.2 Å². The molecule has 11 heteroatoms. The third-order valence-corrected chi connectivity index (χ3v) is 4.25. The Kier molecular flexibility index (Phi) is 6.23. The van der Waals surface area contributed by atoms with Crippen LogP contribution in [-0.2, 0) is 12.8 Å². The molecule has 1 heterocycles. The molecule has 0 spiro atoms. The van der Waals surface area contributed by atoms with Gasteiger partial charge >= 0.3 is 6.18 Å². The zero-order valence-corrected chi connectivity index (χ0v) is 16.5. The molecule has 2 aromatic carbocycles. The predicted octanol–water partition coefficient (Wildman–Crippen LogP) is 5.08. The second-order valence-electron chi connectivity index (χ2n) is 5.72. The second kappa shape index (κ2) is 8.66. The number of hydrogen-bond donors (Lipinski definition) is 1. The van der Waals surface area contributed by atoms with Gasteiger partial charge in [0.15, 0.2) is 0 Å². The fourth-order valence-corrected chi connectivity index (χ4v) is 2.70. The maximum atomic E-state index is 13.0. The Balaban J connectivity index is 1.83. The summed E-state index contributed by atoms with van der Waals surface area (Å²) in [6, 6.07) is 11.8. The summed E-state index contributed by atoms with van der Waals surface area (Å²) in [5.74, 6) is -0.0689. The molecule has 0 aliphatic rings. The van der Waals surface area contributed by atoms with Crippen molar-refractivity contribution >= 4 is 30.0 Å². The normalized spacial score (nSPS) is 11.8. The highest BCUT2D eigenvalue weighted by atomic mass is 35.5. The monoisotopic (exact) mass is 442 g/mol. The predicted molar refractivity (Wildman–Crippen MR) is 104 cm³/mol. The lowest BCUT2D eigenvalue weighted by Gasteiger charge is -2.11. The van der Waals surface area contributed by atoms with Crippen LogP contribution in [0.5, 0.6) is 11.5 Å². The average Bonchev–Trinajstić information content (AvgIpc) is 3.07. The Hall–Kier alpha value is -2.85. The molecule has 0 radical (unpaired) electrons. The molecule has 0 aliphatic heterocycles. The molecule has 0 bridgehead atoms. The van der Waals surface area contributed by atoms with Crippen molar-refractivity contribution in [2.24, 2.45) is 5.10 Å². The van der Waals surface area contributed by atoms with Gasteiger partial charge in [0, 0.05) is 10.6 Å². The van der Waals surface area contributed by atoms with Crippen molar-refractivity contribution < 1.29 is 22.6 Å².